The molecule has 4 nitrogen and oxygen atoms in total. The maximum Gasteiger partial charge on any atom is 0.161 e. The highest BCUT2D eigenvalue weighted by atomic mass is 15.3. The van der Waals surface area contributed by atoms with Gasteiger partial charge in [-0.15, -0.1) is 0 Å². The lowest BCUT2D eigenvalue weighted by Gasteiger charge is -2.10. The summed E-state index contributed by atoms with van der Waals surface area (Å²) in [4.78, 5) is 9.08. The Morgan fingerprint density at radius 2 is 1.85 bits per heavy atom. The number of hydrazine groups is 1. The average Bonchev–Trinajstić information content (AvgIpc) is 3.31. The lowest BCUT2D eigenvalue weighted by molar-refractivity contribution is 0.817. The fourth-order valence-electron chi connectivity index (χ4n) is 2.29. The molecule has 0 radical (unpaired) electrons. The molecule has 0 atom stereocenters. The predicted molar refractivity (Wildman–Crippen MR) is 81.3 cm³/mol. The first kappa shape index (κ1) is 13.1. The highest BCUT2D eigenvalue weighted by Crippen LogP contribution is 2.40. The van der Waals surface area contributed by atoms with Crippen LogP contribution in [-0.2, 0) is 0 Å². The molecule has 3 rings (SSSR count). The molecule has 1 aromatic carbocycles. The summed E-state index contributed by atoms with van der Waals surface area (Å²) >= 11 is 0. The van der Waals surface area contributed by atoms with E-state index in [0.29, 0.717) is 11.7 Å². The molecule has 1 aromatic heterocycles. The molecule has 1 aliphatic rings. The Kier molecular flexibility index (Phi) is 3.40. The number of nitrogen functional groups attached to an aromatic ring is 1. The molecule has 0 aliphatic heterocycles. The smallest absolute Gasteiger partial charge is 0.161 e. The van der Waals surface area contributed by atoms with Crippen molar-refractivity contribution < 1.29 is 0 Å². The zero-order valence-electron chi connectivity index (χ0n) is 11.9. The van der Waals surface area contributed by atoms with Crippen LogP contribution >= 0.6 is 0 Å². The van der Waals surface area contributed by atoms with Crippen LogP contribution in [-0.4, -0.2) is 9.97 Å². The van der Waals surface area contributed by atoms with Crippen LogP contribution in [0.5, 0.6) is 0 Å². The molecule has 104 valence electrons. The first-order valence-corrected chi connectivity index (χ1v) is 7.13. The molecule has 1 saturated carbocycles. The third kappa shape index (κ3) is 2.65. The van der Waals surface area contributed by atoms with E-state index in [0.717, 1.165) is 23.0 Å². The highest BCUT2D eigenvalue weighted by molar-refractivity contribution is 5.58. The van der Waals surface area contributed by atoms with Crippen molar-refractivity contribution in [1.29, 1.82) is 0 Å². The molecule has 0 unspecified atom stereocenters. The van der Waals surface area contributed by atoms with Crippen LogP contribution in [0, 0.1) is 0 Å². The van der Waals surface area contributed by atoms with Crippen molar-refractivity contribution in [3.8, 4) is 11.4 Å². The Morgan fingerprint density at radius 3 is 2.40 bits per heavy atom. The van der Waals surface area contributed by atoms with E-state index >= 15 is 0 Å². The van der Waals surface area contributed by atoms with E-state index in [1.807, 2.05) is 6.07 Å². The first-order valence-electron chi connectivity index (χ1n) is 7.13. The van der Waals surface area contributed by atoms with Gasteiger partial charge in [0.25, 0.3) is 0 Å². The minimum atomic E-state index is 0.342. The lowest BCUT2D eigenvalue weighted by Crippen LogP contribution is -2.11. The number of benzene rings is 1. The summed E-state index contributed by atoms with van der Waals surface area (Å²) in [6, 6.07) is 10.5. The summed E-state index contributed by atoms with van der Waals surface area (Å²) in [6.45, 7) is 4.23. The SMILES string of the molecule is CC(C)c1cc(NN)nc(-c2ccc(C3CC3)cc2)n1. The summed E-state index contributed by atoms with van der Waals surface area (Å²) in [5, 5.41) is 0. The molecule has 0 amide bonds. The van der Waals surface area contributed by atoms with Crippen LogP contribution in [0.1, 0.15) is 49.8 Å². The van der Waals surface area contributed by atoms with E-state index in [4.69, 9.17) is 5.84 Å². The van der Waals surface area contributed by atoms with Crippen molar-refractivity contribution in [2.24, 2.45) is 5.84 Å². The second-order valence-electron chi connectivity index (χ2n) is 5.70. The van der Waals surface area contributed by atoms with Crippen molar-refractivity contribution in [3.05, 3.63) is 41.6 Å². The molecule has 0 spiro atoms. The van der Waals surface area contributed by atoms with Gasteiger partial charge in [-0.2, -0.15) is 0 Å². The number of anilines is 1. The van der Waals surface area contributed by atoms with Crippen LogP contribution in [0.3, 0.4) is 0 Å². The quantitative estimate of drug-likeness (QED) is 0.658. The van der Waals surface area contributed by atoms with Crippen molar-refractivity contribution in [2.75, 3.05) is 5.43 Å². The van der Waals surface area contributed by atoms with E-state index in [1.54, 1.807) is 0 Å². The van der Waals surface area contributed by atoms with E-state index in [1.165, 1.54) is 18.4 Å². The summed E-state index contributed by atoms with van der Waals surface area (Å²) in [6.07, 6.45) is 2.64. The number of hydrogen-bond acceptors (Lipinski definition) is 4. The van der Waals surface area contributed by atoms with E-state index in [2.05, 4.69) is 53.5 Å². The number of nitrogens with two attached hydrogens (primary N) is 1. The largest absolute Gasteiger partial charge is 0.308 e. The van der Waals surface area contributed by atoms with E-state index in [9.17, 15) is 0 Å². The second kappa shape index (κ2) is 5.21. The van der Waals surface area contributed by atoms with Gasteiger partial charge in [-0.3, -0.25) is 0 Å². The predicted octanol–water partition coefficient (Wildman–Crippen LogP) is 3.43. The fourth-order valence-corrected chi connectivity index (χ4v) is 2.29. The number of nitrogens with zero attached hydrogens (tertiary/aromatic N) is 2. The van der Waals surface area contributed by atoms with Gasteiger partial charge in [0.2, 0.25) is 0 Å². The van der Waals surface area contributed by atoms with Crippen molar-refractivity contribution in [3.63, 3.8) is 0 Å². The molecular weight excluding hydrogens is 248 g/mol. The zero-order valence-corrected chi connectivity index (χ0v) is 11.9. The van der Waals surface area contributed by atoms with Crippen LogP contribution in [0.4, 0.5) is 5.82 Å². The second-order valence-corrected chi connectivity index (χ2v) is 5.70. The molecule has 20 heavy (non-hydrogen) atoms. The average molecular weight is 268 g/mol. The number of nitrogens with one attached hydrogen (secondary N) is 1. The van der Waals surface area contributed by atoms with Gasteiger partial charge in [0.15, 0.2) is 5.82 Å². The van der Waals surface area contributed by atoms with Crippen LogP contribution < -0.4 is 11.3 Å². The van der Waals surface area contributed by atoms with E-state index in [-0.39, 0.29) is 0 Å². The molecule has 0 bridgehead atoms. The number of aromatic nitrogens is 2. The number of hydrogen-bond donors (Lipinski definition) is 2. The lowest BCUT2D eigenvalue weighted by atomic mass is 10.1. The third-order valence-corrected chi connectivity index (χ3v) is 3.70. The van der Waals surface area contributed by atoms with Crippen molar-refractivity contribution >= 4 is 5.82 Å². The normalized spacial score (nSPS) is 14.6. The van der Waals surface area contributed by atoms with Gasteiger partial charge in [-0.05, 0) is 30.2 Å². The van der Waals surface area contributed by atoms with Gasteiger partial charge in [0, 0.05) is 17.3 Å². The Bertz CT molecular complexity index is 600. The van der Waals surface area contributed by atoms with Gasteiger partial charge >= 0.3 is 0 Å². The monoisotopic (exact) mass is 268 g/mol. The van der Waals surface area contributed by atoms with E-state index < -0.39 is 0 Å². The van der Waals surface area contributed by atoms with Crippen molar-refractivity contribution in [1.82, 2.24) is 9.97 Å². The number of rotatable bonds is 4. The molecule has 4 heteroatoms. The summed E-state index contributed by atoms with van der Waals surface area (Å²) < 4.78 is 0. The van der Waals surface area contributed by atoms with Crippen LogP contribution in [0.2, 0.25) is 0 Å². The topological polar surface area (TPSA) is 63.8 Å². The molecule has 0 saturated heterocycles. The highest BCUT2D eigenvalue weighted by Gasteiger charge is 2.23. The summed E-state index contributed by atoms with van der Waals surface area (Å²) in [5.41, 5.74) is 6.07. The Balaban J connectivity index is 1.97. The summed E-state index contributed by atoms with van der Waals surface area (Å²) in [5.74, 6) is 8.00. The van der Waals surface area contributed by atoms with Gasteiger partial charge in [-0.25, -0.2) is 15.8 Å². The Morgan fingerprint density at radius 1 is 1.15 bits per heavy atom. The molecule has 2 aromatic rings. The minimum absolute atomic E-state index is 0.342. The van der Waals surface area contributed by atoms with Crippen LogP contribution in [0.25, 0.3) is 11.4 Å². The van der Waals surface area contributed by atoms with Gasteiger partial charge in [0.05, 0.1) is 0 Å². The Hall–Kier alpha value is -1.94. The molecule has 1 heterocycles. The van der Waals surface area contributed by atoms with Gasteiger partial charge in [-0.1, -0.05) is 38.1 Å². The maximum atomic E-state index is 5.50. The summed E-state index contributed by atoms with van der Waals surface area (Å²) in [7, 11) is 0. The Labute approximate surface area is 119 Å². The fraction of sp³-hybridized carbons (Fsp3) is 0.375. The third-order valence-electron chi connectivity index (χ3n) is 3.70. The molecule has 1 aliphatic carbocycles. The maximum absolute atomic E-state index is 5.50. The zero-order chi connectivity index (χ0) is 14.1. The molecule has 3 N–H and O–H groups in total. The van der Waals surface area contributed by atoms with Gasteiger partial charge in [0.1, 0.15) is 5.82 Å². The van der Waals surface area contributed by atoms with Crippen LogP contribution in [0.15, 0.2) is 30.3 Å². The van der Waals surface area contributed by atoms with Crippen molar-refractivity contribution in [2.45, 2.75) is 38.5 Å². The molecular formula is C16H20N4. The standard InChI is InChI=1S/C16H20N4/c1-10(2)14-9-15(20-17)19-16(18-14)13-7-5-12(6-8-13)11-3-4-11/h5-11H,3-4,17H2,1-2H3,(H,18,19,20). The van der Waals surface area contributed by atoms with Gasteiger partial charge < -0.3 is 5.43 Å². The minimum Gasteiger partial charge on any atom is -0.308 e. The molecule has 1 fully saturated rings. The first-order chi connectivity index (χ1) is 9.67.